The van der Waals surface area contributed by atoms with E-state index in [9.17, 15) is 8.78 Å². The number of halogens is 2. The van der Waals surface area contributed by atoms with Crippen LogP contribution in [0.3, 0.4) is 0 Å². The quantitative estimate of drug-likeness (QED) is 0.251. The van der Waals surface area contributed by atoms with Crippen molar-refractivity contribution in [2.45, 2.75) is 97.3 Å². The van der Waals surface area contributed by atoms with Gasteiger partial charge in [-0.2, -0.15) is 4.39 Å². The van der Waals surface area contributed by atoms with Crippen LogP contribution in [-0.4, -0.2) is 6.61 Å². The molecule has 0 saturated heterocycles. The second-order valence-corrected chi connectivity index (χ2v) is 9.80. The fraction of sp³-hybridized carbons (Fsp3) is 0.548. The molecule has 1 atom stereocenters. The van der Waals surface area contributed by atoms with E-state index in [0.29, 0.717) is 12.2 Å². The van der Waals surface area contributed by atoms with E-state index in [0.717, 1.165) is 31.6 Å². The minimum Gasteiger partial charge on any atom is -0.490 e. The summed E-state index contributed by atoms with van der Waals surface area (Å²) in [6.45, 7) is 4.87. The maximum Gasteiger partial charge on any atom is 0.201 e. The van der Waals surface area contributed by atoms with Gasteiger partial charge in [0.15, 0.2) is 11.6 Å². The van der Waals surface area contributed by atoms with Gasteiger partial charge in [-0.1, -0.05) is 102 Å². The van der Waals surface area contributed by atoms with Crippen LogP contribution in [0.5, 0.6) is 5.75 Å². The zero-order valence-electron chi connectivity index (χ0n) is 21.2. The van der Waals surface area contributed by atoms with Crippen LogP contribution in [0.25, 0.3) is 16.7 Å². The first kappa shape index (κ1) is 26.4. The summed E-state index contributed by atoms with van der Waals surface area (Å²) in [5.41, 5.74) is 3.54. The third-order valence-electron chi connectivity index (χ3n) is 7.10. The molecule has 0 aliphatic heterocycles. The third kappa shape index (κ3) is 7.68. The molecule has 34 heavy (non-hydrogen) atoms. The van der Waals surface area contributed by atoms with Gasteiger partial charge in [0.05, 0.1) is 6.61 Å². The maximum absolute atomic E-state index is 14.8. The van der Waals surface area contributed by atoms with E-state index in [1.54, 1.807) is 12.1 Å². The van der Waals surface area contributed by atoms with Crippen molar-refractivity contribution in [1.82, 2.24) is 0 Å². The number of unbranched alkanes of at least 4 members (excludes halogenated alkanes) is 7. The fourth-order valence-corrected chi connectivity index (χ4v) is 4.89. The predicted molar refractivity (Wildman–Crippen MR) is 140 cm³/mol. The molecule has 0 N–H and O–H groups in total. The number of ether oxygens (including phenoxy) is 1. The topological polar surface area (TPSA) is 9.23 Å². The molecule has 0 amide bonds. The van der Waals surface area contributed by atoms with E-state index >= 15 is 0 Å². The van der Waals surface area contributed by atoms with E-state index in [1.807, 2.05) is 24.3 Å². The van der Waals surface area contributed by atoms with E-state index in [1.165, 1.54) is 68.9 Å². The molecule has 1 aliphatic carbocycles. The molecule has 0 radical (unpaired) electrons. The normalized spacial score (nSPS) is 15.9. The van der Waals surface area contributed by atoms with Gasteiger partial charge >= 0.3 is 0 Å². The van der Waals surface area contributed by atoms with Crippen LogP contribution in [0.2, 0.25) is 0 Å². The van der Waals surface area contributed by atoms with E-state index < -0.39 is 11.6 Å². The molecule has 3 rings (SSSR count). The van der Waals surface area contributed by atoms with Gasteiger partial charge in [0.25, 0.3) is 0 Å². The molecular weight excluding hydrogens is 426 g/mol. The van der Waals surface area contributed by atoms with Gasteiger partial charge in [-0.05, 0) is 60.4 Å². The van der Waals surface area contributed by atoms with Gasteiger partial charge < -0.3 is 4.74 Å². The van der Waals surface area contributed by atoms with Gasteiger partial charge in [-0.15, -0.1) is 0 Å². The Kier molecular flexibility index (Phi) is 11.1. The third-order valence-corrected chi connectivity index (χ3v) is 7.10. The van der Waals surface area contributed by atoms with Gasteiger partial charge in [0, 0.05) is 5.56 Å². The summed E-state index contributed by atoms with van der Waals surface area (Å²) in [6, 6.07) is 11.1. The van der Waals surface area contributed by atoms with Crippen LogP contribution in [0.15, 0.2) is 42.5 Å². The number of benzene rings is 2. The minimum atomic E-state index is -0.892. The smallest absolute Gasteiger partial charge is 0.201 e. The predicted octanol–water partition coefficient (Wildman–Crippen LogP) is 10.1. The Balaban J connectivity index is 1.55. The van der Waals surface area contributed by atoms with Crippen LogP contribution in [0.1, 0.15) is 103 Å². The molecule has 0 fully saturated rings. The highest BCUT2D eigenvalue weighted by Gasteiger charge is 2.18. The molecule has 2 aromatic rings. The van der Waals surface area contributed by atoms with E-state index in [4.69, 9.17) is 4.74 Å². The number of hydrogen-bond acceptors (Lipinski definition) is 1. The summed E-state index contributed by atoms with van der Waals surface area (Å²) >= 11 is 0. The molecule has 2 aromatic carbocycles. The van der Waals surface area contributed by atoms with Crippen molar-refractivity contribution in [3.05, 3.63) is 59.7 Å². The second-order valence-electron chi connectivity index (χ2n) is 9.80. The average molecular weight is 469 g/mol. The molecular formula is C31H42F2O. The maximum atomic E-state index is 14.8. The molecule has 3 heteroatoms. The first-order chi connectivity index (χ1) is 16.6. The van der Waals surface area contributed by atoms with Gasteiger partial charge in [-0.3, -0.25) is 0 Å². The standard InChI is InChI=1S/C31H42F2O/c1-3-5-7-8-9-11-23-34-29-22-21-28(30(32)31(29)33)27-19-17-26(18-20-27)25-15-13-24(14-16-25)12-10-6-4-2/h15,17-22,24H,3-14,16,23H2,1-2H3. The Hall–Kier alpha value is -2.16. The molecule has 0 aromatic heterocycles. The van der Waals surface area contributed by atoms with Crippen LogP contribution < -0.4 is 4.74 Å². The number of allylic oxidation sites excluding steroid dienone is 2. The van der Waals surface area contributed by atoms with Crippen LogP contribution in [0.4, 0.5) is 8.78 Å². The van der Waals surface area contributed by atoms with Gasteiger partial charge in [-0.25, -0.2) is 4.39 Å². The van der Waals surface area contributed by atoms with Crippen molar-refractivity contribution in [1.29, 1.82) is 0 Å². The minimum absolute atomic E-state index is 0.00674. The van der Waals surface area contributed by atoms with Crippen molar-refractivity contribution in [2.24, 2.45) is 5.92 Å². The van der Waals surface area contributed by atoms with Crippen LogP contribution in [-0.2, 0) is 0 Å². The van der Waals surface area contributed by atoms with Crippen LogP contribution in [0, 0.1) is 17.6 Å². The SMILES string of the molecule is CCCCCCCCOc1ccc(-c2ccc(C3=CCC(CCCCC)CC3)cc2)c(F)c1F. The van der Waals surface area contributed by atoms with Gasteiger partial charge in [0.1, 0.15) is 0 Å². The lowest BCUT2D eigenvalue weighted by atomic mass is 9.83. The Bertz CT molecular complexity index is 900. The van der Waals surface area contributed by atoms with Gasteiger partial charge in [0.2, 0.25) is 5.82 Å². The second kappa shape index (κ2) is 14.3. The zero-order chi connectivity index (χ0) is 24.2. The highest BCUT2D eigenvalue weighted by Crippen LogP contribution is 2.35. The molecule has 0 bridgehead atoms. The average Bonchev–Trinajstić information content (AvgIpc) is 2.87. The van der Waals surface area contributed by atoms with Crippen LogP contribution >= 0.6 is 0 Å². The Morgan fingerprint density at radius 3 is 2.15 bits per heavy atom. The molecule has 0 heterocycles. The first-order valence-corrected chi connectivity index (χ1v) is 13.5. The largest absolute Gasteiger partial charge is 0.490 e. The Morgan fingerprint density at radius 1 is 0.765 bits per heavy atom. The molecule has 1 unspecified atom stereocenters. The Labute approximate surface area is 205 Å². The van der Waals surface area contributed by atoms with Crippen molar-refractivity contribution in [3.8, 4) is 16.9 Å². The summed E-state index contributed by atoms with van der Waals surface area (Å²) in [5.74, 6) is -0.905. The summed E-state index contributed by atoms with van der Waals surface area (Å²) in [6.07, 6.45) is 17.9. The van der Waals surface area contributed by atoms with E-state index in [-0.39, 0.29) is 11.3 Å². The lowest BCUT2D eigenvalue weighted by Gasteiger charge is -2.22. The van der Waals surface area contributed by atoms with Crippen molar-refractivity contribution in [2.75, 3.05) is 6.61 Å². The molecule has 1 aliphatic rings. The molecule has 1 nitrogen and oxygen atoms in total. The fourth-order valence-electron chi connectivity index (χ4n) is 4.89. The Morgan fingerprint density at radius 2 is 1.44 bits per heavy atom. The molecule has 186 valence electrons. The summed E-state index contributed by atoms with van der Waals surface area (Å²) in [7, 11) is 0. The highest BCUT2D eigenvalue weighted by molar-refractivity contribution is 5.71. The summed E-state index contributed by atoms with van der Waals surface area (Å²) in [4.78, 5) is 0. The van der Waals surface area contributed by atoms with Crippen molar-refractivity contribution >= 4 is 5.57 Å². The molecule has 0 spiro atoms. The summed E-state index contributed by atoms with van der Waals surface area (Å²) < 4.78 is 35.0. The van der Waals surface area contributed by atoms with Crippen molar-refractivity contribution in [3.63, 3.8) is 0 Å². The van der Waals surface area contributed by atoms with Crippen molar-refractivity contribution < 1.29 is 13.5 Å². The zero-order valence-corrected chi connectivity index (χ0v) is 21.2. The number of rotatable bonds is 14. The monoisotopic (exact) mass is 468 g/mol. The highest BCUT2D eigenvalue weighted by atomic mass is 19.2. The lowest BCUT2D eigenvalue weighted by Crippen LogP contribution is -2.05. The number of hydrogen-bond donors (Lipinski definition) is 0. The van der Waals surface area contributed by atoms with E-state index in [2.05, 4.69) is 19.9 Å². The lowest BCUT2D eigenvalue weighted by molar-refractivity contribution is 0.285. The molecule has 0 saturated carbocycles. The summed E-state index contributed by atoms with van der Waals surface area (Å²) in [5, 5.41) is 0. The first-order valence-electron chi connectivity index (χ1n) is 13.5.